The summed E-state index contributed by atoms with van der Waals surface area (Å²) >= 11 is 3.40. The molecule has 2 heterocycles. The van der Waals surface area contributed by atoms with E-state index in [9.17, 15) is 19.2 Å². The van der Waals surface area contributed by atoms with Gasteiger partial charge in [-0.15, -0.1) is 0 Å². The van der Waals surface area contributed by atoms with Gasteiger partial charge >= 0.3 is 11.9 Å². The predicted molar refractivity (Wildman–Crippen MR) is 96.9 cm³/mol. The summed E-state index contributed by atoms with van der Waals surface area (Å²) in [7, 11) is 2.44. The van der Waals surface area contributed by atoms with Gasteiger partial charge in [-0.3, -0.25) is 9.59 Å². The average molecular weight is 447 g/mol. The van der Waals surface area contributed by atoms with Crippen LogP contribution in [0.2, 0.25) is 0 Å². The summed E-state index contributed by atoms with van der Waals surface area (Å²) < 4.78 is 16.4. The van der Waals surface area contributed by atoms with E-state index in [1.165, 1.54) is 26.4 Å². The van der Waals surface area contributed by atoms with Crippen LogP contribution in [-0.2, 0) is 33.4 Å². The Bertz CT molecular complexity index is 1000. The monoisotopic (exact) mass is 446 g/mol. The van der Waals surface area contributed by atoms with E-state index < -0.39 is 47.3 Å². The van der Waals surface area contributed by atoms with Gasteiger partial charge < -0.3 is 14.2 Å². The lowest BCUT2D eigenvalue weighted by Crippen LogP contribution is -2.50. The van der Waals surface area contributed by atoms with Crippen LogP contribution in [0.1, 0.15) is 0 Å². The molecule has 0 amide bonds. The molecule has 4 aliphatic carbocycles. The number of carbonyl (C=O) groups excluding carboxylic acids is 4. The Morgan fingerprint density at radius 2 is 1.71 bits per heavy atom. The summed E-state index contributed by atoms with van der Waals surface area (Å²) in [5.74, 6) is -3.20. The second-order valence-corrected chi connectivity index (χ2v) is 8.32. The first-order valence-corrected chi connectivity index (χ1v) is 9.59. The molecule has 8 heteroatoms. The minimum absolute atomic E-state index is 0.0820. The molecule has 0 unspecified atom stereocenters. The highest BCUT2D eigenvalue weighted by Gasteiger charge is 2.70. The van der Waals surface area contributed by atoms with Gasteiger partial charge in [0, 0.05) is 22.2 Å². The Labute approximate surface area is 168 Å². The highest BCUT2D eigenvalue weighted by atomic mass is 79.9. The summed E-state index contributed by atoms with van der Waals surface area (Å²) in [5.41, 5.74) is -0.357. The van der Waals surface area contributed by atoms with E-state index >= 15 is 0 Å². The van der Waals surface area contributed by atoms with Crippen LogP contribution in [0.15, 0.2) is 45.5 Å². The Kier molecular flexibility index (Phi) is 3.56. The topological polar surface area (TPSA) is 96.0 Å². The molecule has 144 valence electrons. The third-order valence-corrected chi connectivity index (χ3v) is 7.20. The summed E-state index contributed by atoms with van der Waals surface area (Å²) in [6, 6.07) is 0. The normalized spacial score (nSPS) is 39.5. The lowest BCUT2D eigenvalue weighted by Gasteiger charge is -2.43. The van der Waals surface area contributed by atoms with Crippen LogP contribution in [0.25, 0.3) is 0 Å². The molecular formula is C20H15BrO7. The molecule has 7 nitrogen and oxygen atoms in total. The third-order valence-electron chi connectivity index (χ3n) is 6.54. The number of methoxy groups -OCH3 is 2. The zero-order valence-corrected chi connectivity index (χ0v) is 16.5. The number of halogens is 1. The van der Waals surface area contributed by atoms with Gasteiger partial charge in [0.2, 0.25) is 0 Å². The van der Waals surface area contributed by atoms with Crippen LogP contribution in [0.3, 0.4) is 0 Å². The van der Waals surface area contributed by atoms with E-state index in [0.717, 1.165) is 0 Å². The molecule has 0 saturated carbocycles. The Morgan fingerprint density at radius 1 is 1.07 bits per heavy atom. The van der Waals surface area contributed by atoms with Crippen molar-refractivity contribution >= 4 is 39.4 Å². The first-order chi connectivity index (χ1) is 13.4. The molecule has 0 N–H and O–H groups in total. The Morgan fingerprint density at radius 3 is 2.36 bits per heavy atom. The molecule has 0 aromatic rings. The van der Waals surface area contributed by atoms with Crippen LogP contribution in [0.4, 0.5) is 0 Å². The van der Waals surface area contributed by atoms with Crippen LogP contribution in [0.5, 0.6) is 0 Å². The van der Waals surface area contributed by atoms with Gasteiger partial charge in [0.25, 0.3) is 0 Å². The van der Waals surface area contributed by atoms with Gasteiger partial charge in [0.15, 0.2) is 11.6 Å². The number of rotatable bonds is 2. The van der Waals surface area contributed by atoms with Crippen molar-refractivity contribution in [2.45, 2.75) is 12.2 Å². The molecule has 6 rings (SSSR count). The fraction of sp³-hybridized carbons (Fsp3) is 0.400. The van der Waals surface area contributed by atoms with Gasteiger partial charge in [-0.05, 0) is 17.7 Å². The van der Waals surface area contributed by atoms with E-state index in [1.807, 2.05) is 0 Å². The number of esters is 2. The fourth-order valence-corrected chi connectivity index (χ4v) is 6.18. The molecule has 6 aliphatic rings. The molecule has 0 radical (unpaired) electrons. The van der Waals surface area contributed by atoms with Gasteiger partial charge in [-0.1, -0.05) is 28.1 Å². The fourth-order valence-electron chi connectivity index (χ4n) is 5.53. The van der Waals surface area contributed by atoms with Crippen LogP contribution >= 0.6 is 15.9 Å². The third kappa shape index (κ3) is 1.83. The van der Waals surface area contributed by atoms with Crippen molar-refractivity contribution in [3.8, 4) is 0 Å². The second kappa shape index (κ2) is 5.61. The summed E-state index contributed by atoms with van der Waals surface area (Å²) in [6.45, 7) is 0. The van der Waals surface area contributed by atoms with Crippen LogP contribution < -0.4 is 0 Å². The van der Waals surface area contributed by atoms with Crippen molar-refractivity contribution in [3.05, 3.63) is 45.5 Å². The lowest BCUT2D eigenvalue weighted by atomic mass is 9.55. The molecule has 0 aromatic heterocycles. The van der Waals surface area contributed by atoms with Crippen molar-refractivity contribution in [1.82, 2.24) is 0 Å². The predicted octanol–water partition coefficient (Wildman–Crippen LogP) is 1.19. The van der Waals surface area contributed by atoms with Gasteiger partial charge in [-0.2, -0.15) is 0 Å². The SMILES string of the molecule is COC(=O)C1=C(C(=O)OC)[C@@H]2O[C@H]1[C@@H]1[C@H]2[C@@H]2C=C[C@]13C(=O)C=C(Br)C3=CC2=O. The van der Waals surface area contributed by atoms with E-state index in [4.69, 9.17) is 14.2 Å². The van der Waals surface area contributed by atoms with Gasteiger partial charge in [-0.25, -0.2) is 9.59 Å². The molecule has 28 heavy (non-hydrogen) atoms. The van der Waals surface area contributed by atoms with E-state index in [-0.39, 0.29) is 22.7 Å². The number of allylic oxidation sites excluding steroid dienone is 6. The minimum Gasteiger partial charge on any atom is -0.466 e. The minimum atomic E-state index is -1.10. The average Bonchev–Trinajstić information content (AvgIpc) is 3.27. The lowest BCUT2D eigenvalue weighted by molar-refractivity contribution is -0.140. The zero-order valence-electron chi connectivity index (χ0n) is 14.9. The standard InChI is InChI=1S/C20H15BrO7/c1-26-18(24)13-14(19(25)27-2)17-15-12(16(13)28-17)7-3-4-20(15)8(5-10(7)22)9(21)6-11(20)23/h3-7,12,15-17H,1-2H3/t7-,12-,15+,16-,17-,20+/m1/s1. The molecule has 1 fully saturated rings. The number of hydrogen-bond acceptors (Lipinski definition) is 7. The molecule has 1 saturated heterocycles. The van der Waals surface area contributed by atoms with Gasteiger partial charge in [0.05, 0.1) is 43.0 Å². The number of fused-ring (bicyclic) bond motifs is 3. The molecule has 2 aliphatic heterocycles. The highest BCUT2D eigenvalue weighted by Crippen LogP contribution is 2.65. The smallest absolute Gasteiger partial charge is 0.337 e. The summed E-state index contributed by atoms with van der Waals surface area (Å²) in [4.78, 5) is 51.0. The first-order valence-electron chi connectivity index (χ1n) is 8.80. The molecule has 1 spiro atoms. The van der Waals surface area contributed by atoms with Gasteiger partial charge in [0.1, 0.15) is 0 Å². The number of carbonyl (C=O) groups is 4. The molecular weight excluding hydrogens is 432 g/mol. The number of ketones is 2. The van der Waals surface area contributed by atoms with E-state index in [1.54, 1.807) is 12.2 Å². The highest BCUT2D eigenvalue weighted by molar-refractivity contribution is 9.12. The number of hydrogen-bond donors (Lipinski definition) is 0. The second-order valence-electron chi connectivity index (χ2n) is 7.46. The Hall–Kier alpha value is -2.32. The Balaban J connectivity index is 1.76. The van der Waals surface area contributed by atoms with Crippen molar-refractivity contribution in [1.29, 1.82) is 0 Å². The van der Waals surface area contributed by atoms with Crippen LogP contribution in [-0.4, -0.2) is 49.9 Å². The molecule has 0 aromatic carbocycles. The van der Waals surface area contributed by atoms with Crippen LogP contribution in [0, 0.1) is 23.2 Å². The van der Waals surface area contributed by atoms with Crippen molar-refractivity contribution in [2.24, 2.45) is 23.2 Å². The largest absolute Gasteiger partial charge is 0.466 e. The van der Waals surface area contributed by atoms with Crippen molar-refractivity contribution in [2.75, 3.05) is 14.2 Å². The zero-order chi connectivity index (χ0) is 20.0. The summed E-state index contributed by atoms with van der Waals surface area (Å²) in [5, 5.41) is 0. The molecule has 6 atom stereocenters. The maximum Gasteiger partial charge on any atom is 0.337 e. The van der Waals surface area contributed by atoms with Crippen molar-refractivity contribution < 1.29 is 33.4 Å². The van der Waals surface area contributed by atoms with E-state index in [2.05, 4.69) is 15.9 Å². The summed E-state index contributed by atoms with van der Waals surface area (Å²) in [6.07, 6.45) is 4.81. The van der Waals surface area contributed by atoms with E-state index in [0.29, 0.717) is 10.1 Å². The maximum atomic E-state index is 13.1. The number of ether oxygens (including phenoxy) is 3. The van der Waals surface area contributed by atoms with Crippen molar-refractivity contribution in [3.63, 3.8) is 0 Å². The molecule has 4 bridgehead atoms. The maximum absolute atomic E-state index is 13.1. The first kappa shape index (κ1) is 17.8. The quantitative estimate of drug-likeness (QED) is 0.464.